The van der Waals surface area contributed by atoms with Crippen molar-refractivity contribution in [3.8, 4) is 5.75 Å². The van der Waals surface area contributed by atoms with E-state index in [1.54, 1.807) is 31.4 Å². The Bertz CT molecular complexity index is 580. The van der Waals surface area contributed by atoms with E-state index in [0.29, 0.717) is 23.7 Å². The molecule has 1 amide bonds. The number of nitrogens with one attached hydrogen (secondary N) is 1. The summed E-state index contributed by atoms with van der Waals surface area (Å²) in [6.45, 7) is 0. The lowest BCUT2D eigenvalue weighted by Gasteiger charge is -2.24. The molecule has 1 aromatic carbocycles. The molecule has 6 nitrogen and oxygen atoms in total. The third-order valence-electron chi connectivity index (χ3n) is 5.05. The molecule has 2 N–H and O–H groups in total. The van der Waals surface area contributed by atoms with E-state index in [4.69, 9.17) is 9.47 Å². The SMILES string of the molecule is COC(=O)C(NC(=O)CCC1CCCCC1)C(O)c1ccc(OC)cc1. The third kappa shape index (κ3) is 5.73. The van der Waals surface area contributed by atoms with Gasteiger partial charge in [0.2, 0.25) is 5.91 Å². The van der Waals surface area contributed by atoms with Crippen LogP contribution in [0.3, 0.4) is 0 Å². The summed E-state index contributed by atoms with van der Waals surface area (Å²) in [5.41, 5.74) is 0.508. The summed E-state index contributed by atoms with van der Waals surface area (Å²) in [7, 11) is 2.79. The Balaban J connectivity index is 1.96. The molecule has 2 unspecified atom stereocenters. The molecule has 26 heavy (non-hydrogen) atoms. The normalized spacial score (nSPS) is 17.2. The van der Waals surface area contributed by atoms with Gasteiger partial charge in [-0.25, -0.2) is 4.79 Å². The minimum absolute atomic E-state index is 0.237. The number of carbonyl (C=O) groups is 2. The molecule has 1 aliphatic rings. The topological polar surface area (TPSA) is 84.9 Å². The van der Waals surface area contributed by atoms with Gasteiger partial charge in [-0.15, -0.1) is 0 Å². The van der Waals surface area contributed by atoms with Gasteiger partial charge in [-0.3, -0.25) is 4.79 Å². The van der Waals surface area contributed by atoms with Gasteiger partial charge in [-0.1, -0.05) is 44.2 Å². The predicted octanol–water partition coefficient (Wildman–Crippen LogP) is 2.75. The Morgan fingerprint density at radius 3 is 2.38 bits per heavy atom. The van der Waals surface area contributed by atoms with E-state index in [0.717, 1.165) is 6.42 Å². The summed E-state index contributed by atoms with van der Waals surface area (Å²) < 4.78 is 9.85. The van der Waals surface area contributed by atoms with Crippen molar-refractivity contribution in [2.45, 2.75) is 57.1 Å². The molecule has 0 aromatic heterocycles. The number of amides is 1. The van der Waals surface area contributed by atoms with Crippen LogP contribution in [-0.4, -0.2) is 37.2 Å². The predicted molar refractivity (Wildman–Crippen MR) is 97.7 cm³/mol. The Labute approximate surface area is 154 Å². The molecule has 1 saturated carbocycles. The Morgan fingerprint density at radius 2 is 1.81 bits per heavy atom. The first-order valence-corrected chi connectivity index (χ1v) is 9.24. The zero-order valence-electron chi connectivity index (χ0n) is 15.6. The van der Waals surface area contributed by atoms with Crippen molar-refractivity contribution >= 4 is 11.9 Å². The van der Waals surface area contributed by atoms with E-state index >= 15 is 0 Å². The van der Waals surface area contributed by atoms with E-state index in [-0.39, 0.29) is 5.91 Å². The summed E-state index contributed by atoms with van der Waals surface area (Å²) >= 11 is 0. The zero-order valence-corrected chi connectivity index (χ0v) is 15.6. The van der Waals surface area contributed by atoms with Gasteiger partial charge >= 0.3 is 5.97 Å². The second-order valence-corrected chi connectivity index (χ2v) is 6.83. The average Bonchev–Trinajstić information content (AvgIpc) is 2.70. The Kier molecular flexibility index (Phi) is 7.91. The zero-order chi connectivity index (χ0) is 18.9. The van der Waals surface area contributed by atoms with Gasteiger partial charge in [0.1, 0.15) is 11.9 Å². The smallest absolute Gasteiger partial charge is 0.331 e. The molecule has 0 radical (unpaired) electrons. The number of benzene rings is 1. The lowest BCUT2D eigenvalue weighted by Crippen LogP contribution is -2.45. The standard InChI is InChI=1S/C20H29NO5/c1-25-16-11-9-15(10-12-16)19(23)18(20(24)26-2)21-17(22)13-8-14-6-4-3-5-7-14/h9-12,14,18-19,23H,3-8,13H2,1-2H3,(H,21,22). The van der Waals surface area contributed by atoms with Crippen molar-refractivity contribution < 1.29 is 24.2 Å². The number of carbonyl (C=O) groups excluding carboxylic acids is 2. The second-order valence-electron chi connectivity index (χ2n) is 6.83. The highest BCUT2D eigenvalue weighted by molar-refractivity contribution is 5.85. The molecule has 2 rings (SSSR count). The highest BCUT2D eigenvalue weighted by Gasteiger charge is 2.30. The highest BCUT2D eigenvalue weighted by Crippen LogP contribution is 2.27. The van der Waals surface area contributed by atoms with Crippen LogP contribution < -0.4 is 10.1 Å². The molecule has 1 aromatic rings. The van der Waals surface area contributed by atoms with E-state index < -0.39 is 18.1 Å². The first-order chi connectivity index (χ1) is 12.5. The van der Waals surface area contributed by atoms with Crippen LogP contribution in [0.1, 0.15) is 56.6 Å². The quantitative estimate of drug-likeness (QED) is 0.694. The van der Waals surface area contributed by atoms with E-state index in [2.05, 4.69) is 5.32 Å². The van der Waals surface area contributed by atoms with Crippen molar-refractivity contribution in [3.63, 3.8) is 0 Å². The maximum absolute atomic E-state index is 12.3. The largest absolute Gasteiger partial charge is 0.497 e. The molecule has 0 bridgehead atoms. The van der Waals surface area contributed by atoms with Gasteiger partial charge in [0.25, 0.3) is 0 Å². The first-order valence-electron chi connectivity index (χ1n) is 9.24. The minimum Gasteiger partial charge on any atom is -0.497 e. The van der Waals surface area contributed by atoms with Gasteiger partial charge in [-0.2, -0.15) is 0 Å². The number of hydrogen-bond acceptors (Lipinski definition) is 5. The fraction of sp³-hybridized carbons (Fsp3) is 0.600. The van der Waals surface area contributed by atoms with Crippen molar-refractivity contribution in [1.29, 1.82) is 0 Å². The summed E-state index contributed by atoms with van der Waals surface area (Å²) in [4.78, 5) is 24.4. The fourth-order valence-electron chi connectivity index (χ4n) is 3.44. The van der Waals surface area contributed by atoms with Crippen molar-refractivity contribution in [2.75, 3.05) is 14.2 Å². The molecule has 0 heterocycles. The molecule has 0 spiro atoms. The van der Waals surface area contributed by atoms with Crippen LogP contribution >= 0.6 is 0 Å². The highest BCUT2D eigenvalue weighted by atomic mass is 16.5. The monoisotopic (exact) mass is 363 g/mol. The summed E-state index contributed by atoms with van der Waals surface area (Å²) in [6, 6.07) is 5.57. The van der Waals surface area contributed by atoms with Gasteiger partial charge in [0.15, 0.2) is 6.04 Å². The maximum atomic E-state index is 12.3. The first kappa shape index (κ1) is 20.2. The minimum atomic E-state index is -1.19. The van der Waals surface area contributed by atoms with Gasteiger partial charge < -0.3 is 19.9 Å². The number of hydrogen-bond donors (Lipinski definition) is 2. The van der Waals surface area contributed by atoms with Crippen molar-refractivity contribution in [2.24, 2.45) is 5.92 Å². The number of rotatable bonds is 8. The lowest BCUT2D eigenvalue weighted by molar-refractivity contribution is -0.148. The molecular weight excluding hydrogens is 334 g/mol. The third-order valence-corrected chi connectivity index (χ3v) is 5.05. The molecule has 1 fully saturated rings. The number of aliphatic hydroxyl groups is 1. The van der Waals surface area contributed by atoms with Crippen molar-refractivity contribution in [1.82, 2.24) is 5.32 Å². The van der Waals surface area contributed by atoms with E-state index in [9.17, 15) is 14.7 Å². The van der Waals surface area contributed by atoms with Crippen LogP contribution in [0.15, 0.2) is 24.3 Å². The Morgan fingerprint density at radius 1 is 1.15 bits per heavy atom. The molecule has 1 aliphatic carbocycles. The van der Waals surface area contributed by atoms with Gasteiger partial charge in [0.05, 0.1) is 14.2 Å². The van der Waals surface area contributed by atoms with E-state index in [1.807, 2.05) is 0 Å². The van der Waals surface area contributed by atoms with Crippen LogP contribution in [0, 0.1) is 5.92 Å². The fourth-order valence-corrected chi connectivity index (χ4v) is 3.44. The summed E-state index contributed by atoms with van der Waals surface area (Å²) in [5.74, 6) is 0.322. The molecule has 0 saturated heterocycles. The number of ether oxygens (including phenoxy) is 2. The number of aliphatic hydroxyl groups excluding tert-OH is 1. The molecule has 2 atom stereocenters. The van der Waals surface area contributed by atoms with E-state index in [1.165, 1.54) is 39.2 Å². The van der Waals surface area contributed by atoms with Crippen LogP contribution in [-0.2, 0) is 14.3 Å². The van der Waals surface area contributed by atoms with Crippen LogP contribution in [0.2, 0.25) is 0 Å². The average molecular weight is 363 g/mol. The Hall–Kier alpha value is -2.08. The maximum Gasteiger partial charge on any atom is 0.331 e. The molecular formula is C20H29NO5. The van der Waals surface area contributed by atoms with Gasteiger partial charge in [0, 0.05) is 6.42 Å². The van der Waals surface area contributed by atoms with Crippen molar-refractivity contribution in [3.05, 3.63) is 29.8 Å². The lowest BCUT2D eigenvalue weighted by atomic mass is 9.86. The molecule has 6 heteroatoms. The number of methoxy groups -OCH3 is 2. The van der Waals surface area contributed by atoms with Crippen LogP contribution in [0.4, 0.5) is 0 Å². The summed E-state index contributed by atoms with van der Waals surface area (Å²) in [5, 5.41) is 13.2. The molecule has 144 valence electrons. The van der Waals surface area contributed by atoms with Crippen LogP contribution in [0.25, 0.3) is 0 Å². The molecule has 0 aliphatic heterocycles. The summed E-state index contributed by atoms with van der Waals surface area (Å²) in [6.07, 6.45) is 6.06. The van der Waals surface area contributed by atoms with Crippen LogP contribution in [0.5, 0.6) is 5.75 Å². The number of esters is 1. The van der Waals surface area contributed by atoms with Gasteiger partial charge in [-0.05, 0) is 30.0 Å². The second kappa shape index (κ2) is 10.2.